The van der Waals surface area contributed by atoms with Crippen molar-refractivity contribution in [2.45, 2.75) is 18.5 Å². The molecule has 0 unspecified atom stereocenters. The summed E-state index contributed by atoms with van der Waals surface area (Å²) in [7, 11) is 1.19. The zero-order valence-electron chi connectivity index (χ0n) is 12.4. The summed E-state index contributed by atoms with van der Waals surface area (Å²) in [6.45, 7) is 0.114. The smallest absolute Gasteiger partial charge is 0.377 e. The molecule has 120 valence electrons. The number of rotatable bonds is 4. The van der Waals surface area contributed by atoms with E-state index in [2.05, 4.69) is 15.2 Å². The van der Waals surface area contributed by atoms with Gasteiger partial charge >= 0.3 is 5.97 Å². The highest BCUT2D eigenvalue weighted by Gasteiger charge is 2.54. The Hall–Kier alpha value is -2.90. The summed E-state index contributed by atoms with van der Waals surface area (Å²) in [6, 6.07) is 8.04. The number of oxime groups is 1. The molecule has 1 aromatic carbocycles. The van der Waals surface area contributed by atoms with E-state index in [0.29, 0.717) is 0 Å². The number of fused-ring (bicyclic) bond motifs is 1. The van der Waals surface area contributed by atoms with Gasteiger partial charge in [-0.1, -0.05) is 35.5 Å². The highest BCUT2D eigenvalue weighted by molar-refractivity contribution is 6.39. The quantitative estimate of drug-likeness (QED) is 0.593. The molecule has 1 aromatic rings. The molecule has 8 nitrogen and oxygen atoms in total. The first-order chi connectivity index (χ1) is 11.1. The molecular formula is C15H15N3O5. The van der Waals surface area contributed by atoms with Crippen LogP contribution in [0.2, 0.25) is 0 Å². The molecule has 0 bridgehead atoms. The predicted octanol–water partition coefficient (Wildman–Crippen LogP) is -0.559. The van der Waals surface area contributed by atoms with Gasteiger partial charge in [-0.2, -0.15) is 0 Å². The van der Waals surface area contributed by atoms with E-state index in [0.717, 1.165) is 5.56 Å². The van der Waals surface area contributed by atoms with E-state index in [9.17, 15) is 14.4 Å². The molecule has 0 spiro atoms. The van der Waals surface area contributed by atoms with Crippen LogP contribution >= 0.6 is 0 Å². The van der Waals surface area contributed by atoms with E-state index in [-0.39, 0.29) is 24.8 Å². The topological polar surface area (TPSA) is 97.3 Å². The van der Waals surface area contributed by atoms with Crippen molar-refractivity contribution in [1.82, 2.24) is 10.2 Å². The molecule has 2 amide bonds. The minimum Gasteiger partial charge on any atom is -0.463 e. The van der Waals surface area contributed by atoms with Crippen LogP contribution in [-0.2, 0) is 30.4 Å². The molecule has 0 radical (unpaired) electrons. The minimum atomic E-state index is -0.753. The van der Waals surface area contributed by atoms with E-state index in [1.807, 2.05) is 30.3 Å². The van der Waals surface area contributed by atoms with E-state index in [1.54, 1.807) is 0 Å². The Balaban J connectivity index is 1.63. The fourth-order valence-corrected chi connectivity index (χ4v) is 2.59. The number of carbonyl (C=O) groups is 3. The monoisotopic (exact) mass is 317 g/mol. The van der Waals surface area contributed by atoms with Crippen LogP contribution in [-0.4, -0.2) is 54.3 Å². The summed E-state index contributed by atoms with van der Waals surface area (Å²) < 4.78 is 4.56. The summed E-state index contributed by atoms with van der Waals surface area (Å²) in [6.07, 6.45) is 0.177. The first-order valence-corrected chi connectivity index (χ1v) is 7.06. The van der Waals surface area contributed by atoms with Crippen molar-refractivity contribution < 1.29 is 24.0 Å². The Bertz CT molecular complexity index is 673. The van der Waals surface area contributed by atoms with Crippen LogP contribution in [0.1, 0.15) is 5.56 Å². The van der Waals surface area contributed by atoms with Gasteiger partial charge in [0.1, 0.15) is 18.7 Å². The van der Waals surface area contributed by atoms with Gasteiger partial charge < -0.3 is 14.9 Å². The van der Waals surface area contributed by atoms with Crippen LogP contribution in [0.4, 0.5) is 0 Å². The number of amidine groups is 1. The molecule has 2 heterocycles. The van der Waals surface area contributed by atoms with Gasteiger partial charge in [0, 0.05) is 0 Å². The van der Waals surface area contributed by atoms with Crippen LogP contribution < -0.4 is 5.32 Å². The normalized spacial score (nSPS) is 22.2. The SMILES string of the molecule is COC(=O)C1=NOC[C@H]2[C@@H](NC(=O)Cc3ccccc3)C(=O)N12. The number of ether oxygens (including phenoxy) is 1. The van der Waals surface area contributed by atoms with Gasteiger partial charge in [-0.05, 0) is 5.56 Å². The van der Waals surface area contributed by atoms with Crippen LogP contribution in [0.3, 0.4) is 0 Å². The molecule has 0 aromatic heterocycles. The molecule has 2 aliphatic rings. The fraction of sp³-hybridized carbons (Fsp3) is 0.333. The predicted molar refractivity (Wildman–Crippen MR) is 78.1 cm³/mol. The van der Waals surface area contributed by atoms with Crippen molar-refractivity contribution in [3.05, 3.63) is 35.9 Å². The van der Waals surface area contributed by atoms with Gasteiger partial charge in [0.25, 0.3) is 11.7 Å². The second-order valence-electron chi connectivity index (χ2n) is 5.19. The van der Waals surface area contributed by atoms with Gasteiger partial charge in [-0.25, -0.2) is 4.79 Å². The lowest BCUT2D eigenvalue weighted by Gasteiger charge is -2.47. The average Bonchev–Trinajstić information content (AvgIpc) is 2.59. The highest BCUT2D eigenvalue weighted by atomic mass is 16.6. The van der Waals surface area contributed by atoms with Crippen LogP contribution in [0.25, 0.3) is 0 Å². The number of methoxy groups -OCH3 is 1. The molecule has 1 saturated heterocycles. The zero-order chi connectivity index (χ0) is 16.4. The summed E-state index contributed by atoms with van der Waals surface area (Å²) in [5.74, 6) is -1.61. The first kappa shape index (κ1) is 15.0. The van der Waals surface area contributed by atoms with E-state index in [1.165, 1.54) is 12.0 Å². The molecule has 23 heavy (non-hydrogen) atoms. The Morgan fingerprint density at radius 3 is 2.83 bits per heavy atom. The van der Waals surface area contributed by atoms with E-state index >= 15 is 0 Å². The molecule has 1 N–H and O–H groups in total. The molecule has 2 atom stereocenters. The number of β-lactam (4-membered cyclic amide) rings is 1. The van der Waals surface area contributed by atoms with Gasteiger partial charge in [-0.3, -0.25) is 14.5 Å². The van der Waals surface area contributed by atoms with E-state index < -0.39 is 24.0 Å². The van der Waals surface area contributed by atoms with Crippen LogP contribution in [0.15, 0.2) is 35.5 Å². The standard InChI is InChI=1S/C15H15N3O5/c1-22-15(21)13-17-23-8-10-12(14(20)18(10)13)16-11(19)7-9-5-3-2-4-6-9/h2-6,10,12H,7-8H2,1H3,(H,16,19)/t10-,12+/m0/s1. The molecular weight excluding hydrogens is 302 g/mol. The number of nitrogens with one attached hydrogen (secondary N) is 1. The third-order valence-corrected chi connectivity index (χ3v) is 3.74. The number of carbonyl (C=O) groups excluding carboxylic acids is 3. The summed E-state index contributed by atoms with van der Waals surface area (Å²) in [5, 5.41) is 6.22. The maximum absolute atomic E-state index is 12.2. The maximum Gasteiger partial charge on any atom is 0.377 e. The number of benzene rings is 1. The lowest BCUT2D eigenvalue weighted by Crippen LogP contribution is -2.75. The molecule has 2 aliphatic heterocycles. The van der Waals surface area contributed by atoms with Crippen molar-refractivity contribution >= 4 is 23.6 Å². The van der Waals surface area contributed by atoms with Crippen molar-refractivity contribution in [3.8, 4) is 0 Å². The molecule has 0 saturated carbocycles. The number of hydrogen-bond donors (Lipinski definition) is 1. The largest absolute Gasteiger partial charge is 0.463 e. The summed E-state index contributed by atoms with van der Waals surface area (Å²) in [4.78, 5) is 42.0. The molecule has 0 aliphatic carbocycles. The van der Waals surface area contributed by atoms with Gasteiger partial charge in [0.2, 0.25) is 5.91 Å². The maximum atomic E-state index is 12.2. The zero-order valence-corrected chi connectivity index (χ0v) is 12.4. The average molecular weight is 317 g/mol. The second-order valence-corrected chi connectivity index (χ2v) is 5.19. The molecule has 1 fully saturated rings. The second kappa shape index (κ2) is 6.07. The summed E-state index contributed by atoms with van der Waals surface area (Å²) >= 11 is 0. The Labute approximate surface area is 132 Å². The van der Waals surface area contributed by atoms with Crippen LogP contribution in [0.5, 0.6) is 0 Å². The van der Waals surface area contributed by atoms with E-state index in [4.69, 9.17) is 4.84 Å². The minimum absolute atomic E-state index is 0.114. The summed E-state index contributed by atoms with van der Waals surface area (Å²) in [5.41, 5.74) is 0.852. The van der Waals surface area contributed by atoms with Crippen molar-refractivity contribution in [2.24, 2.45) is 5.16 Å². The number of nitrogens with zero attached hydrogens (tertiary/aromatic N) is 2. The Kier molecular flexibility index (Phi) is 3.96. The lowest BCUT2D eigenvalue weighted by atomic mass is 9.94. The number of amides is 2. The fourth-order valence-electron chi connectivity index (χ4n) is 2.59. The molecule has 8 heteroatoms. The lowest BCUT2D eigenvalue weighted by molar-refractivity contribution is -0.155. The van der Waals surface area contributed by atoms with Crippen molar-refractivity contribution in [3.63, 3.8) is 0 Å². The Morgan fingerprint density at radius 2 is 2.13 bits per heavy atom. The van der Waals surface area contributed by atoms with Gasteiger partial charge in [0.05, 0.1) is 13.5 Å². The van der Waals surface area contributed by atoms with Crippen molar-refractivity contribution in [1.29, 1.82) is 0 Å². The molecule has 3 rings (SSSR count). The Morgan fingerprint density at radius 1 is 1.39 bits per heavy atom. The third kappa shape index (κ3) is 2.75. The first-order valence-electron chi connectivity index (χ1n) is 7.06. The third-order valence-electron chi connectivity index (χ3n) is 3.74. The van der Waals surface area contributed by atoms with Gasteiger partial charge in [-0.15, -0.1) is 0 Å². The van der Waals surface area contributed by atoms with Crippen molar-refractivity contribution in [2.75, 3.05) is 13.7 Å². The van der Waals surface area contributed by atoms with Gasteiger partial charge in [0.15, 0.2) is 0 Å². The highest BCUT2D eigenvalue weighted by Crippen LogP contribution is 2.25. The number of hydrogen-bond acceptors (Lipinski definition) is 6. The number of esters is 1. The van der Waals surface area contributed by atoms with Crippen LogP contribution in [0, 0.1) is 0 Å².